The van der Waals surface area contributed by atoms with Crippen molar-refractivity contribution in [3.05, 3.63) is 41.8 Å². The highest BCUT2D eigenvalue weighted by Crippen LogP contribution is 2.29. The molecule has 4 nitrogen and oxygen atoms in total. The molecule has 0 radical (unpaired) electrons. The lowest BCUT2D eigenvalue weighted by Gasteiger charge is -2.29. The van der Waals surface area contributed by atoms with Crippen LogP contribution < -0.4 is 4.90 Å². The minimum Gasteiger partial charge on any atom is -0.304 e. The summed E-state index contributed by atoms with van der Waals surface area (Å²) in [5, 5.41) is 1.24. The van der Waals surface area contributed by atoms with Crippen molar-refractivity contribution in [1.29, 1.82) is 0 Å². The van der Waals surface area contributed by atoms with E-state index in [0.29, 0.717) is 12.3 Å². The van der Waals surface area contributed by atoms with Gasteiger partial charge in [-0.3, -0.25) is 4.79 Å². The van der Waals surface area contributed by atoms with Gasteiger partial charge in [-0.1, -0.05) is 50.3 Å². The molecule has 1 aliphatic heterocycles. The predicted molar refractivity (Wildman–Crippen MR) is 96.5 cm³/mol. The van der Waals surface area contributed by atoms with Crippen LogP contribution >= 0.6 is 0 Å². The third-order valence-electron chi connectivity index (χ3n) is 5.04. The summed E-state index contributed by atoms with van der Waals surface area (Å²) in [6, 6.07) is 9.01. The van der Waals surface area contributed by atoms with Crippen LogP contribution in [0.15, 0.2) is 41.8 Å². The van der Waals surface area contributed by atoms with Crippen LogP contribution in [0.25, 0.3) is 0 Å². The van der Waals surface area contributed by atoms with Crippen LogP contribution in [0.4, 0.5) is 5.69 Å². The van der Waals surface area contributed by atoms with Crippen molar-refractivity contribution in [3.63, 3.8) is 0 Å². The number of hydrogen-bond acceptors (Lipinski definition) is 3. The molecular weight excluding hydrogens is 322 g/mol. The SMILES string of the molecule is O=C(CCC1CCCCC1)N(c1ccccc1)C1C=CS(=O)(=O)C1. The Hall–Kier alpha value is -1.62. The standard InChI is InChI=1S/C19H25NO3S/c21-19(12-11-16-7-3-1-4-8-16)20(17-9-5-2-6-10-17)18-13-14-24(22,23)15-18/h2,5-6,9-10,13-14,16,18H,1,3-4,7-8,11-12,15H2. The Labute approximate surface area is 144 Å². The number of rotatable bonds is 5. The maximum absolute atomic E-state index is 12.9. The predicted octanol–water partition coefficient (Wildman–Crippen LogP) is 3.69. The van der Waals surface area contributed by atoms with E-state index in [4.69, 9.17) is 0 Å². The minimum absolute atomic E-state index is 0.0168. The van der Waals surface area contributed by atoms with Gasteiger partial charge in [-0.2, -0.15) is 0 Å². The van der Waals surface area contributed by atoms with Crippen LogP contribution in [0, 0.1) is 5.92 Å². The Morgan fingerprint density at radius 2 is 1.79 bits per heavy atom. The van der Waals surface area contributed by atoms with Gasteiger partial charge in [0.1, 0.15) is 0 Å². The lowest BCUT2D eigenvalue weighted by atomic mass is 9.86. The molecule has 1 unspecified atom stereocenters. The number of carbonyl (C=O) groups is 1. The Morgan fingerprint density at radius 3 is 2.42 bits per heavy atom. The molecule has 1 atom stereocenters. The summed E-state index contributed by atoms with van der Waals surface area (Å²) < 4.78 is 23.6. The van der Waals surface area contributed by atoms with Gasteiger partial charge in [-0.15, -0.1) is 0 Å². The van der Waals surface area contributed by atoms with Crippen LogP contribution in [0.1, 0.15) is 44.9 Å². The van der Waals surface area contributed by atoms with Crippen molar-refractivity contribution in [2.45, 2.75) is 51.0 Å². The maximum atomic E-state index is 12.9. The van der Waals surface area contributed by atoms with E-state index in [1.807, 2.05) is 30.3 Å². The van der Waals surface area contributed by atoms with Gasteiger partial charge in [0.05, 0.1) is 11.8 Å². The van der Waals surface area contributed by atoms with Crippen LogP contribution in [-0.4, -0.2) is 26.1 Å². The first kappa shape index (κ1) is 17.2. The fourth-order valence-electron chi connectivity index (χ4n) is 3.75. The smallest absolute Gasteiger partial charge is 0.227 e. The first-order chi connectivity index (χ1) is 11.6. The quantitative estimate of drug-likeness (QED) is 0.816. The molecule has 1 amide bonds. The number of sulfone groups is 1. The van der Waals surface area contributed by atoms with Gasteiger partial charge in [-0.25, -0.2) is 8.42 Å². The van der Waals surface area contributed by atoms with Crippen LogP contribution in [0.2, 0.25) is 0 Å². The van der Waals surface area contributed by atoms with Gasteiger partial charge in [0.15, 0.2) is 9.84 Å². The summed E-state index contributed by atoms with van der Waals surface area (Å²) in [6.07, 6.45) is 9.32. The summed E-state index contributed by atoms with van der Waals surface area (Å²) >= 11 is 0. The molecule has 0 N–H and O–H groups in total. The molecule has 1 aromatic rings. The fraction of sp³-hybridized carbons (Fsp3) is 0.526. The van der Waals surface area contributed by atoms with Crippen LogP contribution in [0.5, 0.6) is 0 Å². The van der Waals surface area contributed by atoms with Gasteiger partial charge >= 0.3 is 0 Å². The van der Waals surface area contributed by atoms with Crippen molar-refractivity contribution in [2.75, 3.05) is 10.7 Å². The monoisotopic (exact) mass is 347 g/mol. The third kappa shape index (κ3) is 4.26. The van der Waals surface area contributed by atoms with Gasteiger partial charge in [0.2, 0.25) is 5.91 Å². The Morgan fingerprint density at radius 1 is 1.08 bits per heavy atom. The van der Waals surface area contributed by atoms with Crippen LogP contribution in [0.3, 0.4) is 0 Å². The Kier molecular flexibility index (Phi) is 5.39. The molecule has 1 fully saturated rings. The zero-order chi connectivity index (χ0) is 17.0. The average molecular weight is 347 g/mol. The zero-order valence-electron chi connectivity index (χ0n) is 13.9. The van der Waals surface area contributed by atoms with E-state index in [1.54, 1.807) is 11.0 Å². The van der Waals surface area contributed by atoms with E-state index >= 15 is 0 Å². The van der Waals surface area contributed by atoms with E-state index in [0.717, 1.165) is 12.1 Å². The van der Waals surface area contributed by atoms with E-state index in [1.165, 1.54) is 37.5 Å². The van der Waals surface area contributed by atoms with Crippen molar-refractivity contribution in [1.82, 2.24) is 0 Å². The number of amides is 1. The second-order valence-corrected chi connectivity index (χ2v) is 8.80. The number of anilines is 1. The molecule has 0 saturated heterocycles. The number of para-hydroxylation sites is 1. The molecule has 1 aromatic carbocycles. The van der Waals surface area contributed by atoms with Gasteiger partial charge in [0, 0.05) is 17.5 Å². The summed E-state index contributed by atoms with van der Waals surface area (Å²) in [4.78, 5) is 14.6. The molecule has 0 aromatic heterocycles. The largest absolute Gasteiger partial charge is 0.304 e. The van der Waals surface area contributed by atoms with Crippen molar-refractivity contribution in [2.24, 2.45) is 5.92 Å². The van der Waals surface area contributed by atoms with Crippen LogP contribution in [-0.2, 0) is 14.6 Å². The highest BCUT2D eigenvalue weighted by atomic mass is 32.2. The summed E-state index contributed by atoms with van der Waals surface area (Å²) in [6.45, 7) is 0. The first-order valence-corrected chi connectivity index (χ1v) is 10.5. The topological polar surface area (TPSA) is 54.5 Å². The van der Waals surface area contributed by atoms with E-state index in [9.17, 15) is 13.2 Å². The molecule has 2 aliphatic rings. The normalized spacial score (nSPS) is 23.2. The number of nitrogens with zero attached hydrogens (tertiary/aromatic N) is 1. The van der Waals surface area contributed by atoms with Gasteiger partial charge < -0.3 is 4.90 Å². The second-order valence-electron chi connectivity index (χ2n) is 6.87. The lowest BCUT2D eigenvalue weighted by Crippen LogP contribution is -2.41. The molecule has 1 heterocycles. The van der Waals surface area contributed by atoms with Crippen molar-refractivity contribution >= 4 is 21.4 Å². The van der Waals surface area contributed by atoms with E-state index < -0.39 is 15.9 Å². The fourth-order valence-corrected chi connectivity index (χ4v) is 5.02. The molecule has 1 saturated carbocycles. The van der Waals surface area contributed by atoms with E-state index in [-0.39, 0.29) is 11.7 Å². The second kappa shape index (κ2) is 7.51. The summed E-state index contributed by atoms with van der Waals surface area (Å²) in [5.74, 6) is 0.651. The molecular formula is C19H25NO3S. The highest BCUT2D eigenvalue weighted by Gasteiger charge is 2.31. The van der Waals surface area contributed by atoms with Crippen molar-refractivity contribution < 1.29 is 13.2 Å². The molecule has 130 valence electrons. The number of hydrogen-bond donors (Lipinski definition) is 0. The molecule has 0 bridgehead atoms. The minimum atomic E-state index is -3.19. The molecule has 1 aliphatic carbocycles. The number of benzene rings is 1. The summed E-state index contributed by atoms with van der Waals surface area (Å²) in [7, 11) is -3.19. The molecule has 0 spiro atoms. The van der Waals surface area contributed by atoms with Crippen molar-refractivity contribution in [3.8, 4) is 0 Å². The third-order valence-corrected chi connectivity index (χ3v) is 6.41. The first-order valence-electron chi connectivity index (χ1n) is 8.83. The Balaban J connectivity index is 1.72. The average Bonchev–Trinajstić information content (AvgIpc) is 2.95. The number of carbonyl (C=O) groups excluding carboxylic acids is 1. The zero-order valence-corrected chi connectivity index (χ0v) is 14.7. The van der Waals surface area contributed by atoms with E-state index in [2.05, 4.69) is 0 Å². The highest BCUT2D eigenvalue weighted by molar-refractivity contribution is 7.94. The van der Waals surface area contributed by atoms with Gasteiger partial charge in [0.25, 0.3) is 0 Å². The Bertz CT molecular complexity index is 691. The molecule has 24 heavy (non-hydrogen) atoms. The molecule has 3 rings (SSSR count). The summed E-state index contributed by atoms with van der Waals surface area (Å²) in [5.41, 5.74) is 0.776. The van der Waals surface area contributed by atoms with Gasteiger partial charge in [-0.05, 0) is 30.5 Å². The maximum Gasteiger partial charge on any atom is 0.227 e. The lowest BCUT2D eigenvalue weighted by molar-refractivity contribution is -0.119. The molecule has 5 heteroatoms.